The molecule has 0 aliphatic heterocycles. The number of alkyl halides is 3. The van der Waals surface area contributed by atoms with E-state index in [2.05, 4.69) is 0 Å². The zero-order chi connectivity index (χ0) is 11.5. The first-order valence-electron chi connectivity index (χ1n) is 4.44. The van der Waals surface area contributed by atoms with Gasteiger partial charge in [-0.2, -0.15) is 13.2 Å². The van der Waals surface area contributed by atoms with Crippen LogP contribution in [0.15, 0.2) is 16.5 Å². The molecule has 0 radical (unpaired) electrons. The van der Waals surface area contributed by atoms with Gasteiger partial charge in [0.15, 0.2) is 0 Å². The summed E-state index contributed by atoms with van der Waals surface area (Å²) in [6, 6.07) is 2.18. The van der Waals surface area contributed by atoms with Gasteiger partial charge in [-0.05, 0) is 18.6 Å². The van der Waals surface area contributed by atoms with Crippen LogP contribution in [0.1, 0.15) is 30.4 Å². The van der Waals surface area contributed by atoms with Crippen LogP contribution in [0, 0.1) is 0 Å². The molecule has 0 fully saturated rings. The fourth-order valence-electron chi connectivity index (χ4n) is 1.14. The quantitative estimate of drug-likeness (QED) is 0.874. The fourth-order valence-corrected chi connectivity index (χ4v) is 1.14. The molecule has 1 atom stereocenters. The van der Waals surface area contributed by atoms with Crippen molar-refractivity contribution in [2.75, 3.05) is 0 Å². The van der Waals surface area contributed by atoms with Crippen molar-refractivity contribution >= 4 is 12.4 Å². The Morgan fingerprint density at radius 3 is 2.44 bits per heavy atom. The third kappa shape index (κ3) is 4.87. The summed E-state index contributed by atoms with van der Waals surface area (Å²) in [6.07, 6.45) is -5.37. The molecule has 0 spiro atoms. The summed E-state index contributed by atoms with van der Waals surface area (Å²) in [5, 5.41) is 8.68. The van der Waals surface area contributed by atoms with Crippen molar-refractivity contribution in [3.8, 4) is 0 Å². The van der Waals surface area contributed by atoms with Crippen LogP contribution < -0.4 is 5.73 Å². The van der Waals surface area contributed by atoms with Gasteiger partial charge in [-0.25, -0.2) is 0 Å². The second-order valence-corrected chi connectivity index (χ2v) is 3.22. The van der Waals surface area contributed by atoms with Crippen molar-refractivity contribution < 1.29 is 22.7 Å². The number of nitrogens with two attached hydrogens (primary N) is 1. The minimum Gasteiger partial charge on any atom is -0.462 e. The zero-order valence-corrected chi connectivity index (χ0v) is 9.14. The maximum atomic E-state index is 11.9. The maximum Gasteiger partial charge on any atom is 0.389 e. The van der Waals surface area contributed by atoms with E-state index in [9.17, 15) is 13.2 Å². The minimum absolute atomic E-state index is 0. The van der Waals surface area contributed by atoms with E-state index in [0.29, 0.717) is 5.76 Å². The molecule has 0 saturated carbocycles. The average Bonchev–Trinajstić information content (AvgIpc) is 2.61. The Hall–Kier alpha value is -0.720. The zero-order valence-electron chi connectivity index (χ0n) is 8.33. The summed E-state index contributed by atoms with van der Waals surface area (Å²) in [5.74, 6) is 0.566. The lowest BCUT2D eigenvalue weighted by molar-refractivity contribution is -0.136. The minimum atomic E-state index is -4.20. The van der Waals surface area contributed by atoms with Crippen LogP contribution >= 0.6 is 12.4 Å². The van der Waals surface area contributed by atoms with Crippen molar-refractivity contribution in [1.82, 2.24) is 0 Å². The third-order valence-electron chi connectivity index (χ3n) is 1.94. The van der Waals surface area contributed by atoms with E-state index in [1.165, 1.54) is 12.1 Å². The summed E-state index contributed by atoms with van der Waals surface area (Å²) in [6.45, 7) is -0.286. The highest BCUT2D eigenvalue weighted by Gasteiger charge is 2.28. The van der Waals surface area contributed by atoms with Crippen LogP contribution in [-0.4, -0.2) is 11.3 Å². The molecule has 0 bridgehead atoms. The number of aliphatic hydroxyl groups is 1. The van der Waals surface area contributed by atoms with E-state index in [0.717, 1.165) is 0 Å². The molecule has 0 unspecified atom stereocenters. The lowest BCUT2D eigenvalue weighted by Crippen LogP contribution is -2.15. The van der Waals surface area contributed by atoms with Crippen LogP contribution in [0.25, 0.3) is 0 Å². The van der Waals surface area contributed by atoms with Crippen LogP contribution in [0.2, 0.25) is 0 Å². The second-order valence-electron chi connectivity index (χ2n) is 3.22. The lowest BCUT2D eigenvalue weighted by Gasteiger charge is -2.10. The van der Waals surface area contributed by atoms with Crippen molar-refractivity contribution in [1.29, 1.82) is 0 Å². The summed E-state index contributed by atoms with van der Waals surface area (Å²) in [5.41, 5.74) is 5.49. The normalized spacial score (nSPS) is 13.3. The standard InChI is InChI=1S/C9H12F3NO2.ClH/c10-9(11,12)4-3-7(13)8-2-1-6(5-14)15-8;/h1-2,7,14H,3-5,13H2;1H/t7-;/m1./s1. The number of halogens is 4. The van der Waals surface area contributed by atoms with E-state index < -0.39 is 18.6 Å². The van der Waals surface area contributed by atoms with Gasteiger partial charge in [0.25, 0.3) is 0 Å². The number of furan rings is 1. The molecule has 3 nitrogen and oxygen atoms in total. The van der Waals surface area contributed by atoms with Gasteiger partial charge in [0, 0.05) is 6.42 Å². The molecule has 7 heteroatoms. The Kier molecular flexibility index (Phi) is 5.85. The molecule has 1 aromatic heterocycles. The molecule has 16 heavy (non-hydrogen) atoms. The highest BCUT2D eigenvalue weighted by molar-refractivity contribution is 5.85. The predicted molar refractivity (Wildman–Crippen MR) is 54.1 cm³/mol. The van der Waals surface area contributed by atoms with Gasteiger partial charge in [-0.1, -0.05) is 0 Å². The van der Waals surface area contributed by atoms with Crippen LogP contribution in [0.3, 0.4) is 0 Å². The first kappa shape index (κ1) is 15.3. The van der Waals surface area contributed by atoms with Crippen LogP contribution in [0.5, 0.6) is 0 Å². The summed E-state index contributed by atoms with van der Waals surface area (Å²) in [7, 11) is 0. The molecule has 94 valence electrons. The monoisotopic (exact) mass is 259 g/mol. The van der Waals surface area contributed by atoms with E-state index in [1.807, 2.05) is 0 Å². The number of aliphatic hydroxyl groups excluding tert-OH is 1. The first-order valence-corrected chi connectivity index (χ1v) is 4.44. The van der Waals surface area contributed by atoms with Crippen molar-refractivity contribution in [2.45, 2.75) is 31.7 Å². The van der Waals surface area contributed by atoms with Gasteiger partial charge < -0.3 is 15.3 Å². The van der Waals surface area contributed by atoms with E-state index in [1.54, 1.807) is 0 Å². The average molecular weight is 260 g/mol. The maximum absolute atomic E-state index is 11.9. The van der Waals surface area contributed by atoms with Gasteiger partial charge in [0.2, 0.25) is 0 Å². The SMILES string of the molecule is Cl.N[C@H](CCC(F)(F)F)c1ccc(CO)o1. The number of hydrogen-bond acceptors (Lipinski definition) is 3. The van der Waals surface area contributed by atoms with Crippen LogP contribution in [-0.2, 0) is 6.61 Å². The molecule has 0 aliphatic rings. The predicted octanol–water partition coefficient (Wildman–Crippen LogP) is 2.54. The number of rotatable bonds is 4. The first-order chi connectivity index (χ1) is 6.92. The van der Waals surface area contributed by atoms with Gasteiger partial charge in [0.05, 0.1) is 6.04 Å². The molecular weight excluding hydrogens is 247 g/mol. The molecule has 0 saturated heterocycles. The van der Waals surface area contributed by atoms with Gasteiger partial charge in [-0.3, -0.25) is 0 Å². The Morgan fingerprint density at radius 2 is 2.00 bits per heavy atom. The molecule has 1 heterocycles. The van der Waals surface area contributed by atoms with E-state index in [-0.39, 0.29) is 31.2 Å². The summed E-state index contributed by atoms with van der Waals surface area (Å²) >= 11 is 0. The third-order valence-corrected chi connectivity index (χ3v) is 1.94. The number of hydrogen-bond donors (Lipinski definition) is 2. The molecular formula is C9H13ClF3NO2. The van der Waals surface area contributed by atoms with Crippen LogP contribution in [0.4, 0.5) is 13.2 Å². The van der Waals surface area contributed by atoms with Crippen molar-refractivity contribution in [3.63, 3.8) is 0 Å². The molecule has 3 N–H and O–H groups in total. The smallest absolute Gasteiger partial charge is 0.389 e. The van der Waals surface area contributed by atoms with E-state index in [4.69, 9.17) is 15.3 Å². The van der Waals surface area contributed by atoms with Crippen molar-refractivity contribution in [3.05, 3.63) is 23.7 Å². The highest BCUT2D eigenvalue weighted by atomic mass is 35.5. The van der Waals surface area contributed by atoms with E-state index >= 15 is 0 Å². The molecule has 1 rings (SSSR count). The molecule has 0 aliphatic carbocycles. The molecule has 0 amide bonds. The summed E-state index contributed by atoms with van der Waals surface area (Å²) < 4.78 is 40.6. The Morgan fingerprint density at radius 1 is 1.38 bits per heavy atom. The summed E-state index contributed by atoms with van der Waals surface area (Å²) in [4.78, 5) is 0. The highest BCUT2D eigenvalue weighted by Crippen LogP contribution is 2.27. The Bertz CT molecular complexity index is 314. The topological polar surface area (TPSA) is 59.4 Å². The second kappa shape index (κ2) is 6.12. The van der Waals surface area contributed by atoms with Crippen molar-refractivity contribution in [2.24, 2.45) is 5.73 Å². The van der Waals surface area contributed by atoms with Gasteiger partial charge in [0.1, 0.15) is 18.1 Å². The van der Waals surface area contributed by atoms with Gasteiger partial charge in [-0.15, -0.1) is 12.4 Å². The molecule has 0 aromatic carbocycles. The largest absolute Gasteiger partial charge is 0.462 e. The Balaban J connectivity index is 0.00000225. The van der Waals surface area contributed by atoms with Gasteiger partial charge >= 0.3 is 6.18 Å². The Labute approximate surface area is 96.8 Å². The molecule has 1 aromatic rings. The lowest BCUT2D eigenvalue weighted by atomic mass is 10.1. The fraction of sp³-hybridized carbons (Fsp3) is 0.556.